The molecule has 1 fully saturated rings. The molecule has 1 aliphatic heterocycles. The molecular formula is C23H25N3O5. The summed E-state index contributed by atoms with van der Waals surface area (Å²) in [6, 6.07) is 9.95. The van der Waals surface area contributed by atoms with Gasteiger partial charge in [0, 0.05) is 18.5 Å². The minimum absolute atomic E-state index is 0.127. The molecule has 2 aromatic carbocycles. The van der Waals surface area contributed by atoms with Gasteiger partial charge in [-0.15, -0.1) is 0 Å². The van der Waals surface area contributed by atoms with E-state index in [0.29, 0.717) is 11.4 Å². The lowest BCUT2D eigenvalue weighted by Crippen LogP contribution is -2.50. The Morgan fingerprint density at radius 1 is 1.03 bits per heavy atom. The van der Waals surface area contributed by atoms with Crippen LogP contribution in [0.5, 0.6) is 0 Å². The first kappa shape index (κ1) is 22.0. The Morgan fingerprint density at radius 2 is 1.65 bits per heavy atom. The van der Waals surface area contributed by atoms with Crippen LogP contribution in [0.1, 0.15) is 46.8 Å². The Labute approximate surface area is 180 Å². The number of aryl methyl sites for hydroxylation is 3. The number of anilines is 2. The van der Waals surface area contributed by atoms with E-state index in [-0.39, 0.29) is 30.2 Å². The molecule has 1 unspecified atom stereocenters. The molecule has 8 heteroatoms. The third-order valence-electron chi connectivity index (χ3n) is 4.99. The molecule has 8 nitrogen and oxygen atoms in total. The molecule has 3 rings (SSSR count). The summed E-state index contributed by atoms with van der Waals surface area (Å²) < 4.78 is 5.30. The van der Waals surface area contributed by atoms with Gasteiger partial charge in [0.15, 0.2) is 6.10 Å². The van der Waals surface area contributed by atoms with Gasteiger partial charge < -0.3 is 10.1 Å². The van der Waals surface area contributed by atoms with Gasteiger partial charge in [-0.05, 0) is 63.1 Å². The van der Waals surface area contributed by atoms with E-state index in [9.17, 15) is 19.2 Å². The van der Waals surface area contributed by atoms with Crippen molar-refractivity contribution in [3.8, 4) is 0 Å². The minimum Gasteiger partial charge on any atom is -0.449 e. The average Bonchev–Trinajstić information content (AvgIpc) is 2.72. The van der Waals surface area contributed by atoms with E-state index < -0.39 is 18.0 Å². The average molecular weight is 423 g/mol. The molecule has 1 atom stereocenters. The Hall–Kier alpha value is -3.68. The monoisotopic (exact) mass is 423 g/mol. The highest BCUT2D eigenvalue weighted by molar-refractivity contribution is 6.02. The van der Waals surface area contributed by atoms with Gasteiger partial charge in [-0.2, -0.15) is 0 Å². The molecule has 1 aliphatic rings. The zero-order valence-electron chi connectivity index (χ0n) is 17.9. The summed E-state index contributed by atoms with van der Waals surface area (Å²) in [7, 11) is 0. The maximum absolute atomic E-state index is 12.5. The predicted octanol–water partition coefficient (Wildman–Crippen LogP) is 2.95. The summed E-state index contributed by atoms with van der Waals surface area (Å²) >= 11 is 0. The smallest absolute Gasteiger partial charge is 0.338 e. The highest BCUT2D eigenvalue weighted by Crippen LogP contribution is 2.23. The molecule has 162 valence electrons. The van der Waals surface area contributed by atoms with Gasteiger partial charge in [-0.25, -0.2) is 9.80 Å². The zero-order chi connectivity index (χ0) is 22.7. The lowest BCUT2D eigenvalue weighted by molar-refractivity contribution is -0.130. The second-order valence-electron chi connectivity index (χ2n) is 7.62. The maximum atomic E-state index is 12.5. The second-order valence-corrected chi connectivity index (χ2v) is 7.62. The van der Waals surface area contributed by atoms with Gasteiger partial charge in [-0.3, -0.25) is 19.8 Å². The van der Waals surface area contributed by atoms with Crippen molar-refractivity contribution in [1.82, 2.24) is 5.43 Å². The van der Waals surface area contributed by atoms with Gasteiger partial charge in [0.05, 0.1) is 11.3 Å². The van der Waals surface area contributed by atoms with Crippen LogP contribution in [0, 0.1) is 20.8 Å². The number of rotatable bonds is 5. The molecule has 1 heterocycles. The van der Waals surface area contributed by atoms with E-state index >= 15 is 0 Å². The third kappa shape index (κ3) is 5.09. The number of nitrogens with one attached hydrogen (secondary N) is 2. The van der Waals surface area contributed by atoms with Gasteiger partial charge in [0.25, 0.3) is 5.91 Å². The van der Waals surface area contributed by atoms with Crippen LogP contribution in [0.4, 0.5) is 11.4 Å². The number of nitrogens with zero attached hydrogens (tertiary/aromatic N) is 1. The standard InChI is InChI=1S/C23H25N3O5/c1-13-11-14(2)21(15(3)12-13)24-22(29)16(4)31-23(30)17-5-7-18(8-6-17)26-20(28)10-9-19(27)25-26/h5-8,11-12,16H,9-10H2,1-4H3,(H,24,29)(H,25,27). The van der Waals surface area contributed by atoms with Crippen molar-refractivity contribution in [3.05, 3.63) is 58.7 Å². The molecular weight excluding hydrogens is 398 g/mol. The zero-order valence-corrected chi connectivity index (χ0v) is 17.9. The summed E-state index contributed by atoms with van der Waals surface area (Å²) in [5.74, 6) is -1.58. The van der Waals surface area contributed by atoms with Crippen LogP contribution in [0.2, 0.25) is 0 Å². The molecule has 0 aliphatic carbocycles. The Morgan fingerprint density at radius 3 is 2.26 bits per heavy atom. The van der Waals surface area contributed by atoms with Crippen LogP contribution in [0.15, 0.2) is 36.4 Å². The van der Waals surface area contributed by atoms with Crippen molar-refractivity contribution in [2.75, 3.05) is 10.3 Å². The highest BCUT2D eigenvalue weighted by Gasteiger charge is 2.25. The molecule has 0 radical (unpaired) electrons. The predicted molar refractivity (Wildman–Crippen MR) is 115 cm³/mol. The molecule has 0 aromatic heterocycles. The normalized spacial score (nSPS) is 14.6. The summed E-state index contributed by atoms with van der Waals surface area (Å²) in [4.78, 5) is 48.5. The van der Waals surface area contributed by atoms with E-state index in [2.05, 4.69) is 10.7 Å². The lowest BCUT2D eigenvalue weighted by atomic mass is 10.0. The fourth-order valence-electron chi connectivity index (χ4n) is 3.41. The summed E-state index contributed by atoms with van der Waals surface area (Å²) in [5, 5.41) is 3.98. The maximum Gasteiger partial charge on any atom is 0.338 e. The summed E-state index contributed by atoms with van der Waals surface area (Å²) in [6.45, 7) is 7.30. The number of carbonyl (C=O) groups is 4. The lowest BCUT2D eigenvalue weighted by Gasteiger charge is -2.27. The largest absolute Gasteiger partial charge is 0.449 e. The van der Waals surface area contributed by atoms with Crippen LogP contribution >= 0.6 is 0 Å². The van der Waals surface area contributed by atoms with E-state index in [1.807, 2.05) is 32.9 Å². The summed E-state index contributed by atoms with van der Waals surface area (Å²) in [5.41, 5.74) is 6.81. The first-order valence-corrected chi connectivity index (χ1v) is 9.98. The van der Waals surface area contributed by atoms with Crippen LogP contribution in [-0.4, -0.2) is 29.8 Å². The van der Waals surface area contributed by atoms with E-state index in [0.717, 1.165) is 21.7 Å². The van der Waals surface area contributed by atoms with Gasteiger partial charge in [-0.1, -0.05) is 17.7 Å². The third-order valence-corrected chi connectivity index (χ3v) is 4.99. The number of hydrazine groups is 1. The number of carbonyl (C=O) groups excluding carboxylic acids is 4. The topological polar surface area (TPSA) is 105 Å². The van der Waals surface area contributed by atoms with E-state index in [4.69, 9.17) is 4.74 Å². The van der Waals surface area contributed by atoms with Crippen molar-refractivity contribution < 1.29 is 23.9 Å². The van der Waals surface area contributed by atoms with Gasteiger partial charge in [0.1, 0.15) is 0 Å². The van der Waals surface area contributed by atoms with Crippen molar-refractivity contribution in [1.29, 1.82) is 0 Å². The molecule has 0 bridgehead atoms. The number of esters is 1. The van der Waals surface area contributed by atoms with Crippen LogP contribution in [0.3, 0.4) is 0 Å². The van der Waals surface area contributed by atoms with Crippen LogP contribution in [-0.2, 0) is 19.1 Å². The van der Waals surface area contributed by atoms with Crippen molar-refractivity contribution >= 4 is 35.1 Å². The quantitative estimate of drug-likeness (QED) is 0.720. The van der Waals surface area contributed by atoms with Crippen molar-refractivity contribution in [3.63, 3.8) is 0 Å². The first-order valence-electron chi connectivity index (χ1n) is 9.98. The number of benzene rings is 2. The summed E-state index contributed by atoms with van der Waals surface area (Å²) in [6.07, 6.45) is -0.723. The fourth-order valence-corrected chi connectivity index (χ4v) is 3.41. The first-order chi connectivity index (χ1) is 14.7. The molecule has 0 spiro atoms. The molecule has 31 heavy (non-hydrogen) atoms. The second kappa shape index (κ2) is 8.99. The molecule has 3 amide bonds. The van der Waals surface area contributed by atoms with Crippen LogP contribution < -0.4 is 15.8 Å². The Bertz CT molecular complexity index is 1020. The van der Waals surface area contributed by atoms with Crippen LogP contribution in [0.25, 0.3) is 0 Å². The molecule has 2 N–H and O–H groups in total. The number of ether oxygens (including phenoxy) is 1. The Balaban J connectivity index is 1.63. The SMILES string of the molecule is Cc1cc(C)c(NC(=O)C(C)OC(=O)c2ccc(N3NC(=O)CCC3=O)cc2)c(C)c1. The minimum atomic E-state index is -1.00. The van der Waals surface area contributed by atoms with Crippen molar-refractivity contribution in [2.24, 2.45) is 0 Å². The fraction of sp³-hybridized carbons (Fsp3) is 0.304. The molecule has 2 aromatic rings. The Kier molecular flexibility index (Phi) is 6.39. The number of hydrogen-bond acceptors (Lipinski definition) is 5. The number of hydrogen-bond donors (Lipinski definition) is 2. The number of amides is 3. The van der Waals surface area contributed by atoms with E-state index in [1.54, 1.807) is 0 Å². The van der Waals surface area contributed by atoms with Gasteiger partial charge >= 0.3 is 5.97 Å². The molecule has 0 saturated carbocycles. The highest BCUT2D eigenvalue weighted by atomic mass is 16.5. The van der Waals surface area contributed by atoms with Crippen molar-refractivity contribution in [2.45, 2.75) is 46.6 Å². The molecule has 1 saturated heterocycles. The van der Waals surface area contributed by atoms with Gasteiger partial charge in [0.2, 0.25) is 11.8 Å². The van der Waals surface area contributed by atoms with E-state index in [1.165, 1.54) is 31.2 Å².